The summed E-state index contributed by atoms with van der Waals surface area (Å²) in [6, 6.07) is 10.8. The first kappa shape index (κ1) is 21.3. The number of hydrogen-bond donors (Lipinski definition) is 2. The highest BCUT2D eigenvalue weighted by Gasteiger charge is 2.50. The van der Waals surface area contributed by atoms with Gasteiger partial charge in [0.1, 0.15) is 17.3 Å². The number of aliphatic carboxylic acids is 1. The van der Waals surface area contributed by atoms with Crippen LogP contribution in [0.3, 0.4) is 0 Å². The summed E-state index contributed by atoms with van der Waals surface area (Å²) in [5.74, 6) is 0.728. The first-order chi connectivity index (χ1) is 16.5. The van der Waals surface area contributed by atoms with Crippen LogP contribution in [0.2, 0.25) is 0 Å². The van der Waals surface area contributed by atoms with Crippen LogP contribution in [0, 0.1) is 23.2 Å². The van der Waals surface area contributed by atoms with E-state index in [1.165, 1.54) is 38.5 Å². The van der Waals surface area contributed by atoms with Crippen molar-refractivity contribution in [1.29, 1.82) is 0 Å². The molecule has 2 N–H and O–H groups in total. The van der Waals surface area contributed by atoms with E-state index in [2.05, 4.69) is 15.3 Å². The van der Waals surface area contributed by atoms with Crippen LogP contribution in [-0.2, 0) is 11.2 Å². The summed E-state index contributed by atoms with van der Waals surface area (Å²) >= 11 is 0. The quantitative estimate of drug-likeness (QED) is 0.556. The molecule has 4 aliphatic rings. The van der Waals surface area contributed by atoms with Crippen molar-refractivity contribution >= 4 is 17.5 Å². The Bertz CT molecular complexity index is 1200. The van der Waals surface area contributed by atoms with Crippen LogP contribution in [-0.4, -0.2) is 37.9 Å². The van der Waals surface area contributed by atoms with E-state index in [0.717, 1.165) is 24.3 Å². The second-order valence-electron chi connectivity index (χ2n) is 10.8. The van der Waals surface area contributed by atoms with E-state index in [1.54, 1.807) is 41.1 Å². The van der Waals surface area contributed by atoms with Crippen molar-refractivity contribution < 1.29 is 14.7 Å². The molecule has 1 atom stereocenters. The highest BCUT2D eigenvalue weighted by atomic mass is 16.4. The van der Waals surface area contributed by atoms with E-state index in [9.17, 15) is 14.7 Å². The van der Waals surface area contributed by atoms with Gasteiger partial charge in [0.15, 0.2) is 0 Å². The molecule has 4 bridgehead atoms. The summed E-state index contributed by atoms with van der Waals surface area (Å²) < 4.78 is 1.78. The maximum atomic E-state index is 13.2. The molecule has 176 valence electrons. The number of carbonyl (C=O) groups excluding carboxylic acids is 1. The second-order valence-corrected chi connectivity index (χ2v) is 10.8. The minimum Gasteiger partial charge on any atom is -0.481 e. The first-order valence-electron chi connectivity index (χ1n) is 12.4. The van der Waals surface area contributed by atoms with Crippen molar-refractivity contribution in [1.82, 2.24) is 19.7 Å². The Hall–Kier alpha value is -3.22. The van der Waals surface area contributed by atoms with Gasteiger partial charge in [-0.25, -0.2) is 4.98 Å². The SMILES string of the molecule is O=C(NCC12CC3CC(CC(C3)C1)C2)c1cccc2nc(CC(C(=O)O)c3ccccn3)cn12. The van der Waals surface area contributed by atoms with Gasteiger partial charge in [0, 0.05) is 25.4 Å². The van der Waals surface area contributed by atoms with Gasteiger partial charge in [0.2, 0.25) is 0 Å². The molecular formula is C27H30N4O3. The standard InChI is InChI=1S/C27H30N4O3/c32-25(29-16-27-12-17-8-18(13-27)10-19(9-17)14-27)23-5-3-6-24-30-20(15-31(23)24)11-21(26(33)34)22-4-1-2-7-28-22/h1-7,15,17-19,21H,8-14,16H2,(H,29,32)(H,33,34). The zero-order valence-corrected chi connectivity index (χ0v) is 19.2. The molecule has 7 rings (SSSR count). The summed E-state index contributed by atoms with van der Waals surface area (Å²) in [6.07, 6.45) is 11.5. The number of aromatic nitrogens is 3. The molecule has 4 saturated carbocycles. The number of rotatable bonds is 7. The third-order valence-corrected chi connectivity index (χ3v) is 8.32. The number of carbonyl (C=O) groups is 2. The Labute approximate surface area is 198 Å². The van der Waals surface area contributed by atoms with Gasteiger partial charge in [-0.1, -0.05) is 12.1 Å². The zero-order chi connectivity index (χ0) is 23.3. The van der Waals surface area contributed by atoms with Crippen LogP contribution < -0.4 is 5.32 Å². The average molecular weight is 459 g/mol. The van der Waals surface area contributed by atoms with E-state index in [1.807, 2.05) is 12.1 Å². The van der Waals surface area contributed by atoms with Gasteiger partial charge in [-0.05, 0) is 86.0 Å². The molecule has 4 fully saturated rings. The molecule has 7 nitrogen and oxygen atoms in total. The van der Waals surface area contributed by atoms with Crippen LogP contribution in [0.25, 0.3) is 5.65 Å². The fraction of sp³-hybridized carbons (Fsp3) is 0.481. The molecular weight excluding hydrogens is 428 g/mol. The number of carboxylic acids is 1. The number of pyridine rings is 2. The van der Waals surface area contributed by atoms with E-state index >= 15 is 0 Å². The van der Waals surface area contributed by atoms with Crippen molar-refractivity contribution in [2.75, 3.05) is 6.54 Å². The number of fused-ring (bicyclic) bond motifs is 1. The number of nitrogens with zero attached hydrogens (tertiary/aromatic N) is 3. The highest BCUT2D eigenvalue weighted by Crippen LogP contribution is 2.59. The molecule has 3 aromatic heterocycles. The first-order valence-corrected chi connectivity index (χ1v) is 12.4. The number of hydrogen-bond acceptors (Lipinski definition) is 4. The summed E-state index contributed by atoms with van der Waals surface area (Å²) in [7, 11) is 0. The second kappa shape index (κ2) is 8.22. The predicted molar refractivity (Wildman–Crippen MR) is 126 cm³/mol. The van der Waals surface area contributed by atoms with Gasteiger partial charge in [0.25, 0.3) is 5.91 Å². The highest BCUT2D eigenvalue weighted by molar-refractivity contribution is 5.93. The molecule has 4 aliphatic carbocycles. The van der Waals surface area contributed by atoms with Gasteiger partial charge >= 0.3 is 5.97 Å². The average Bonchev–Trinajstić information content (AvgIpc) is 3.23. The lowest BCUT2D eigenvalue weighted by molar-refractivity contribution is -0.138. The molecule has 0 saturated heterocycles. The summed E-state index contributed by atoms with van der Waals surface area (Å²) in [5.41, 5.74) is 2.57. The molecule has 7 heteroatoms. The third-order valence-electron chi connectivity index (χ3n) is 8.32. The zero-order valence-electron chi connectivity index (χ0n) is 19.2. The molecule has 1 unspecified atom stereocenters. The lowest BCUT2D eigenvalue weighted by atomic mass is 9.49. The van der Waals surface area contributed by atoms with Gasteiger partial charge in [-0.2, -0.15) is 0 Å². The van der Waals surface area contributed by atoms with E-state index in [4.69, 9.17) is 0 Å². The van der Waals surface area contributed by atoms with Crippen LogP contribution in [0.4, 0.5) is 0 Å². The summed E-state index contributed by atoms with van der Waals surface area (Å²) in [5, 5.41) is 13.0. The number of carboxylic acid groups (broad SMARTS) is 1. The minimum atomic E-state index is -0.940. The van der Waals surface area contributed by atoms with Gasteiger partial charge < -0.3 is 10.4 Å². The number of amides is 1. The number of imidazole rings is 1. The van der Waals surface area contributed by atoms with Crippen LogP contribution in [0.1, 0.15) is 66.3 Å². The Balaban J connectivity index is 1.20. The molecule has 0 aliphatic heterocycles. The Morgan fingerprint density at radius 1 is 1.06 bits per heavy atom. The monoisotopic (exact) mass is 458 g/mol. The van der Waals surface area contributed by atoms with E-state index in [0.29, 0.717) is 22.7 Å². The Kier molecular flexibility index (Phi) is 5.15. The minimum absolute atomic E-state index is 0.0928. The van der Waals surface area contributed by atoms with Crippen LogP contribution in [0.15, 0.2) is 48.8 Å². The number of nitrogens with one attached hydrogen (secondary N) is 1. The van der Waals surface area contributed by atoms with Gasteiger partial charge in [-0.3, -0.25) is 19.0 Å². The fourth-order valence-electron chi connectivity index (χ4n) is 7.32. The smallest absolute Gasteiger partial charge is 0.312 e. The van der Waals surface area contributed by atoms with Crippen molar-refractivity contribution in [3.05, 3.63) is 65.9 Å². The van der Waals surface area contributed by atoms with Crippen molar-refractivity contribution in [3.63, 3.8) is 0 Å². The lowest BCUT2D eigenvalue weighted by Crippen LogP contribution is -2.51. The molecule has 34 heavy (non-hydrogen) atoms. The van der Waals surface area contributed by atoms with E-state index in [-0.39, 0.29) is 17.7 Å². The Morgan fingerprint density at radius 2 is 1.79 bits per heavy atom. The van der Waals surface area contributed by atoms with E-state index < -0.39 is 11.9 Å². The molecule has 0 spiro atoms. The van der Waals surface area contributed by atoms with Gasteiger partial charge in [0.05, 0.1) is 11.4 Å². The van der Waals surface area contributed by atoms with Crippen molar-refractivity contribution in [2.24, 2.45) is 23.2 Å². The largest absolute Gasteiger partial charge is 0.481 e. The fourth-order valence-corrected chi connectivity index (χ4v) is 7.32. The van der Waals surface area contributed by atoms with Crippen molar-refractivity contribution in [2.45, 2.75) is 50.9 Å². The Morgan fingerprint density at radius 3 is 2.44 bits per heavy atom. The maximum Gasteiger partial charge on any atom is 0.312 e. The van der Waals surface area contributed by atoms with Crippen LogP contribution >= 0.6 is 0 Å². The summed E-state index contributed by atoms with van der Waals surface area (Å²) in [4.78, 5) is 34.0. The molecule has 3 heterocycles. The third kappa shape index (κ3) is 3.87. The normalized spacial score (nSPS) is 28.2. The van der Waals surface area contributed by atoms with Gasteiger partial charge in [-0.15, -0.1) is 0 Å². The topological polar surface area (TPSA) is 96.6 Å². The molecule has 0 radical (unpaired) electrons. The lowest BCUT2D eigenvalue weighted by Gasteiger charge is -2.56. The van der Waals surface area contributed by atoms with Crippen molar-refractivity contribution in [3.8, 4) is 0 Å². The molecule has 0 aromatic carbocycles. The maximum absolute atomic E-state index is 13.2. The predicted octanol–water partition coefficient (Wildman–Crippen LogP) is 4.09. The molecule has 3 aromatic rings. The molecule has 1 amide bonds. The van der Waals surface area contributed by atoms with Crippen LogP contribution in [0.5, 0.6) is 0 Å². The summed E-state index contributed by atoms with van der Waals surface area (Å²) in [6.45, 7) is 0.744.